The number of hydrogen-bond acceptors (Lipinski definition) is 3. The van der Waals surface area contributed by atoms with Crippen molar-refractivity contribution in [2.75, 3.05) is 19.3 Å². The summed E-state index contributed by atoms with van der Waals surface area (Å²) >= 11 is 1.82. The summed E-state index contributed by atoms with van der Waals surface area (Å²) in [5.74, 6) is -1.19. The van der Waals surface area contributed by atoms with E-state index >= 15 is 0 Å². The van der Waals surface area contributed by atoms with Gasteiger partial charge in [0.05, 0.1) is 5.92 Å². The van der Waals surface area contributed by atoms with E-state index in [1.165, 1.54) is 12.8 Å². The Morgan fingerprint density at radius 3 is 2.63 bits per heavy atom. The number of carbonyl (C=O) groups excluding carboxylic acids is 1. The minimum absolute atomic E-state index is 0.0882. The van der Waals surface area contributed by atoms with Crippen molar-refractivity contribution in [3.63, 3.8) is 0 Å². The molecule has 1 saturated heterocycles. The van der Waals surface area contributed by atoms with Crippen LogP contribution in [0.25, 0.3) is 0 Å². The van der Waals surface area contributed by atoms with Gasteiger partial charge >= 0.3 is 12.0 Å². The maximum atomic E-state index is 12.2. The lowest BCUT2D eigenvalue weighted by Gasteiger charge is -2.32. The molecule has 1 aliphatic carbocycles. The molecule has 2 rings (SSSR count). The molecule has 2 aliphatic rings. The minimum Gasteiger partial charge on any atom is -0.481 e. The average Bonchev–Trinajstić information content (AvgIpc) is 2.89. The predicted molar refractivity (Wildman–Crippen MR) is 75.4 cm³/mol. The highest BCUT2D eigenvalue weighted by Crippen LogP contribution is 2.27. The molecule has 0 spiro atoms. The van der Waals surface area contributed by atoms with E-state index in [-0.39, 0.29) is 12.1 Å². The summed E-state index contributed by atoms with van der Waals surface area (Å²) in [6, 6.07) is 0.148. The van der Waals surface area contributed by atoms with Gasteiger partial charge in [-0.3, -0.25) is 4.79 Å². The molecule has 1 saturated carbocycles. The Bertz CT molecular complexity index is 351. The lowest BCUT2D eigenvalue weighted by molar-refractivity contribution is -0.141. The number of aliphatic carboxylic acids is 1. The number of thioether (sulfide) groups is 1. The molecule has 19 heavy (non-hydrogen) atoms. The number of urea groups is 1. The molecular formula is C13H22N2O3S. The van der Waals surface area contributed by atoms with E-state index in [1.54, 1.807) is 4.90 Å². The fraction of sp³-hybridized carbons (Fsp3) is 0.846. The van der Waals surface area contributed by atoms with Crippen molar-refractivity contribution in [2.24, 2.45) is 5.92 Å². The first-order chi connectivity index (χ1) is 9.11. The smallest absolute Gasteiger partial charge is 0.317 e. The Morgan fingerprint density at radius 1 is 1.26 bits per heavy atom. The summed E-state index contributed by atoms with van der Waals surface area (Å²) in [4.78, 5) is 24.7. The van der Waals surface area contributed by atoms with E-state index in [2.05, 4.69) is 11.6 Å². The molecule has 2 fully saturated rings. The highest BCUT2D eigenvalue weighted by Gasteiger charge is 2.33. The number of likely N-dealkylation sites (tertiary alicyclic amines) is 1. The van der Waals surface area contributed by atoms with Gasteiger partial charge in [0.1, 0.15) is 0 Å². The zero-order valence-corrected chi connectivity index (χ0v) is 12.1. The first kappa shape index (κ1) is 14.5. The van der Waals surface area contributed by atoms with Gasteiger partial charge in [0.25, 0.3) is 0 Å². The molecule has 1 heterocycles. The summed E-state index contributed by atoms with van der Waals surface area (Å²) in [6.45, 7) is 0.900. The third kappa shape index (κ3) is 3.55. The van der Waals surface area contributed by atoms with Crippen LogP contribution >= 0.6 is 11.8 Å². The lowest BCUT2D eigenvalue weighted by atomic mass is 9.95. The standard InChI is InChI=1S/C13H22N2O3S/c1-19-11-5-3-2-4-10(11)14-13(18)15-7-6-9(8-15)12(16)17/h9-11H,2-8H2,1H3,(H,14,18)(H,16,17)/t9?,10-,11-/m0/s1. The second-order valence-corrected chi connectivity index (χ2v) is 6.46. The van der Waals surface area contributed by atoms with Crippen LogP contribution in [-0.4, -0.2) is 52.6 Å². The summed E-state index contributed by atoms with van der Waals surface area (Å²) in [5.41, 5.74) is 0. The molecule has 2 amide bonds. The Hall–Kier alpha value is -0.910. The van der Waals surface area contributed by atoms with Gasteiger partial charge in [-0.1, -0.05) is 12.8 Å². The predicted octanol–water partition coefficient (Wildman–Crippen LogP) is 1.78. The second-order valence-electron chi connectivity index (χ2n) is 5.38. The monoisotopic (exact) mass is 286 g/mol. The Balaban J connectivity index is 1.85. The number of carboxylic acid groups (broad SMARTS) is 1. The third-order valence-corrected chi connectivity index (χ3v) is 5.31. The SMILES string of the molecule is CS[C@H]1CCCC[C@@H]1NC(=O)N1CCC(C(=O)O)C1. The maximum absolute atomic E-state index is 12.2. The normalized spacial score (nSPS) is 31.2. The number of carboxylic acids is 1. The summed E-state index contributed by atoms with van der Waals surface area (Å²) in [6.07, 6.45) is 7.25. The molecule has 6 heteroatoms. The largest absolute Gasteiger partial charge is 0.481 e. The topological polar surface area (TPSA) is 69.6 Å². The molecule has 108 valence electrons. The minimum atomic E-state index is -0.796. The van der Waals surface area contributed by atoms with Crippen LogP contribution < -0.4 is 5.32 Å². The first-order valence-electron chi connectivity index (χ1n) is 6.93. The number of nitrogens with one attached hydrogen (secondary N) is 1. The number of rotatable bonds is 3. The van der Waals surface area contributed by atoms with Gasteiger partial charge in [-0.15, -0.1) is 0 Å². The van der Waals surface area contributed by atoms with Gasteiger partial charge in [-0.25, -0.2) is 4.79 Å². The Labute approximate surface area is 118 Å². The first-order valence-corrected chi connectivity index (χ1v) is 8.21. The zero-order chi connectivity index (χ0) is 13.8. The molecule has 0 radical (unpaired) electrons. The van der Waals surface area contributed by atoms with E-state index in [1.807, 2.05) is 11.8 Å². The fourth-order valence-electron chi connectivity index (χ4n) is 2.94. The van der Waals surface area contributed by atoms with E-state index in [4.69, 9.17) is 5.11 Å². The van der Waals surface area contributed by atoms with Crippen molar-refractivity contribution in [1.82, 2.24) is 10.2 Å². The van der Waals surface area contributed by atoms with E-state index in [0.717, 1.165) is 12.8 Å². The highest BCUT2D eigenvalue weighted by atomic mass is 32.2. The zero-order valence-electron chi connectivity index (χ0n) is 11.3. The molecule has 0 aromatic heterocycles. The Morgan fingerprint density at radius 2 is 2.00 bits per heavy atom. The van der Waals surface area contributed by atoms with E-state index < -0.39 is 11.9 Å². The van der Waals surface area contributed by atoms with Crippen molar-refractivity contribution in [1.29, 1.82) is 0 Å². The van der Waals surface area contributed by atoms with E-state index in [9.17, 15) is 9.59 Å². The van der Waals surface area contributed by atoms with Crippen LogP contribution in [-0.2, 0) is 4.79 Å². The van der Waals surface area contributed by atoms with Crippen molar-refractivity contribution < 1.29 is 14.7 Å². The van der Waals surface area contributed by atoms with Crippen LogP contribution in [0.2, 0.25) is 0 Å². The second kappa shape index (κ2) is 6.50. The summed E-state index contributed by atoms with van der Waals surface area (Å²) < 4.78 is 0. The molecule has 3 atom stereocenters. The van der Waals surface area contributed by atoms with Crippen molar-refractivity contribution in [3.05, 3.63) is 0 Å². The number of nitrogens with zero attached hydrogens (tertiary/aromatic N) is 1. The molecule has 1 aliphatic heterocycles. The van der Waals surface area contributed by atoms with Crippen LogP contribution in [0.4, 0.5) is 4.79 Å². The summed E-state index contributed by atoms with van der Waals surface area (Å²) in [5, 5.41) is 12.5. The molecule has 5 nitrogen and oxygen atoms in total. The van der Waals surface area contributed by atoms with Gasteiger partial charge in [0, 0.05) is 24.4 Å². The quantitative estimate of drug-likeness (QED) is 0.829. The van der Waals surface area contributed by atoms with Gasteiger partial charge in [-0.05, 0) is 25.5 Å². The fourth-order valence-corrected chi connectivity index (χ4v) is 3.88. The molecule has 1 unspecified atom stereocenters. The molecular weight excluding hydrogens is 264 g/mol. The lowest BCUT2D eigenvalue weighted by Crippen LogP contribution is -2.49. The highest BCUT2D eigenvalue weighted by molar-refractivity contribution is 7.99. The maximum Gasteiger partial charge on any atom is 0.317 e. The number of carbonyl (C=O) groups is 2. The molecule has 0 aromatic carbocycles. The average molecular weight is 286 g/mol. The van der Waals surface area contributed by atoms with Crippen molar-refractivity contribution in [2.45, 2.75) is 43.4 Å². The van der Waals surface area contributed by atoms with Crippen LogP contribution in [0.15, 0.2) is 0 Å². The Kier molecular flexibility index (Phi) is 4.96. The van der Waals surface area contributed by atoms with Crippen LogP contribution in [0, 0.1) is 5.92 Å². The van der Waals surface area contributed by atoms with Crippen LogP contribution in [0.5, 0.6) is 0 Å². The van der Waals surface area contributed by atoms with Gasteiger partial charge in [0.2, 0.25) is 0 Å². The number of amides is 2. The number of hydrogen-bond donors (Lipinski definition) is 2. The van der Waals surface area contributed by atoms with Gasteiger partial charge in [0.15, 0.2) is 0 Å². The van der Waals surface area contributed by atoms with Crippen LogP contribution in [0.1, 0.15) is 32.1 Å². The van der Waals surface area contributed by atoms with E-state index in [0.29, 0.717) is 24.8 Å². The third-order valence-electron chi connectivity index (χ3n) is 4.14. The molecule has 0 aromatic rings. The van der Waals surface area contributed by atoms with Gasteiger partial charge < -0.3 is 15.3 Å². The van der Waals surface area contributed by atoms with Crippen molar-refractivity contribution in [3.8, 4) is 0 Å². The van der Waals surface area contributed by atoms with Crippen molar-refractivity contribution >= 4 is 23.8 Å². The summed E-state index contributed by atoms with van der Waals surface area (Å²) in [7, 11) is 0. The molecule has 0 bridgehead atoms. The molecule has 2 N–H and O–H groups in total. The van der Waals surface area contributed by atoms with Crippen LogP contribution in [0.3, 0.4) is 0 Å². The van der Waals surface area contributed by atoms with Gasteiger partial charge in [-0.2, -0.15) is 11.8 Å².